The zero-order chi connectivity index (χ0) is 18.5. The summed E-state index contributed by atoms with van der Waals surface area (Å²) in [4.78, 5) is 18.8. The maximum atomic E-state index is 12.4. The third kappa shape index (κ3) is 3.45. The number of rotatable bonds is 2. The van der Waals surface area contributed by atoms with Crippen molar-refractivity contribution in [3.8, 4) is 11.1 Å². The second-order valence-electron chi connectivity index (χ2n) is 8.47. The van der Waals surface area contributed by atoms with Gasteiger partial charge in [-0.05, 0) is 44.7 Å². The molecule has 138 valence electrons. The lowest BCUT2D eigenvalue weighted by molar-refractivity contribution is 0.0223. The van der Waals surface area contributed by atoms with Gasteiger partial charge in [-0.2, -0.15) is 5.10 Å². The van der Waals surface area contributed by atoms with Crippen molar-refractivity contribution in [2.24, 2.45) is 5.92 Å². The van der Waals surface area contributed by atoms with Crippen molar-refractivity contribution in [1.29, 1.82) is 0 Å². The van der Waals surface area contributed by atoms with Gasteiger partial charge in [0.05, 0.1) is 18.8 Å². The molecule has 4 rings (SSSR count). The van der Waals surface area contributed by atoms with Crippen LogP contribution in [0.1, 0.15) is 51.4 Å². The molecule has 2 atom stereocenters. The first-order valence-electron chi connectivity index (χ1n) is 9.30. The Labute approximate surface area is 154 Å². The third-order valence-electron chi connectivity index (χ3n) is 5.03. The van der Waals surface area contributed by atoms with Gasteiger partial charge < -0.3 is 9.64 Å². The molecule has 1 aliphatic heterocycles. The number of hydrogen-bond donors (Lipinski definition) is 0. The third-order valence-corrected chi connectivity index (χ3v) is 5.03. The zero-order valence-electron chi connectivity index (χ0n) is 15.9. The Bertz CT molecular complexity index is 837. The highest BCUT2D eigenvalue weighted by Crippen LogP contribution is 2.42. The van der Waals surface area contributed by atoms with Crippen LogP contribution in [-0.2, 0) is 17.7 Å². The highest BCUT2D eigenvalue weighted by molar-refractivity contribution is 5.69. The first-order valence-corrected chi connectivity index (χ1v) is 9.30. The maximum Gasteiger partial charge on any atom is 0.410 e. The quantitative estimate of drug-likeness (QED) is 0.822. The van der Waals surface area contributed by atoms with Gasteiger partial charge in [-0.3, -0.25) is 9.67 Å². The summed E-state index contributed by atoms with van der Waals surface area (Å²) in [5.41, 5.74) is 3.80. The van der Waals surface area contributed by atoms with Gasteiger partial charge in [0.1, 0.15) is 5.60 Å². The monoisotopic (exact) mass is 354 g/mol. The van der Waals surface area contributed by atoms with Gasteiger partial charge in [-0.15, -0.1) is 0 Å². The fourth-order valence-corrected chi connectivity index (χ4v) is 3.41. The lowest BCUT2D eigenvalue weighted by Gasteiger charge is -2.30. The molecule has 6 heteroatoms. The SMILES string of the molecule is CC1CC1n1cc(-c2cnc3c(c2)CN(C(=O)OC(C)(C)C)CC3)cn1. The summed E-state index contributed by atoms with van der Waals surface area (Å²) in [5.74, 6) is 0.715. The first-order chi connectivity index (χ1) is 12.3. The number of pyridine rings is 1. The fourth-order valence-electron chi connectivity index (χ4n) is 3.41. The Hall–Kier alpha value is -2.37. The molecule has 3 heterocycles. The summed E-state index contributed by atoms with van der Waals surface area (Å²) >= 11 is 0. The topological polar surface area (TPSA) is 60.2 Å². The summed E-state index contributed by atoms with van der Waals surface area (Å²) in [5, 5.41) is 4.50. The zero-order valence-corrected chi connectivity index (χ0v) is 15.9. The first kappa shape index (κ1) is 17.1. The molecule has 2 aromatic rings. The van der Waals surface area contributed by atoms with Crippen LogP contribution in [0.4, 0.5) is 4.79 Å². The number of aromatic nitrogens is 3. The molecular weight excluding hydrogens is 328 g/mol. The molecule has 6 nitrogen and oxygen atoms in total. The summed E-state index contributed by atoms with van der Waals surface area (Å²) in [6, 6.07) is 2.67. The van der Waals surface area contributed by atoms with E-state index in [4.69, 9.17) is 4.74 Å². The molecule has 0 N–H and O–H groups in total. The minimum atomic E-state index is -0.480. The molecule has 2 unspecified atom stereocenters. The van der Waals surface area contributed by atoms with Crippen LogP contribution < -0.4 is 0 Å². The second kappa shape index (κ2) is 6.11. The number of carbonyl (C=O) groups excluding carboxylic acids is 1. The lowest BCUT2D eigenvalue weighted by Crippen LogP contribution is -2.40. The standard InChI is InChI=1S/C20H26N4O2/c1-13-7-18(13)24-12-16(10-22-24)14-8-15-11-23(6-5-17(15)21-9-14)19(25)26-20(2,3)4/h8-10,12-13,18H,5-7,11H2,1-4H3. The van der Waals surface area contributed by atoms with Crippen molar-refractivity contribution in [2.75, 3.05) is 6.54 Å². The van der Waals surface area contributed by atoms with Gasteiger partial charge in [-0.25, -0.2) is 4.79 Å². The Morgan fingerprint density at radius 3 is 2.73 bits per heavy atom. The molecule has 26 heavy (non-hydrogen) atoms. The van der Waals surface area contributed by atoms with Crippen LogP contribution in [0.15, 0.2) is 24.7 Å². The average molecular weight is 354 g/mol. The van der Waals surface area contributed by atoms with Gasteiger partial charge in [-0.1, -0.05) is 6.92 Å². The van der Waals surface area contributed by atoms with Crippen molar-refractivity contribution in [3.63, 3.8) is 0 Å². The van der Waals surface area contributed by atoms with Crippen LogP contribution in [0.3, 0.4) is 0 Å². The summed E-state index contributed by atoms with van der Waals surface area (Å²) < 4.78 is 7.57. The van der Waals surface area contributed by atoms with Crippen molar-refractivity contribution < 1.29 is 9.53 Å². The number of nitrogens with zero attached hydrogens (tertiary/aromatic N) is 4. The van der Waals surface area contributed by atoms with Crippen LogP contribution in [-0.4, -0.2) is 37.9 Å². The van der Waals surface area contributed by atoms with E-state index in [1.54, 1.807) is 4.90 Å². The molecule has 1 saturated carbocycles. The Kier molecular flexibility index (Phi) is 4.01. The van der Waals surface area contributed by atoms with E-state index in [0.717, 1.165) is 28.8 Å². The van der Waals surface area contributed by atoms with E-state index in [1.807, 2.05) is 33.2 Å². The van der Waals surface area contributed by atoms with Crippen molar-refractivity contribution >= 4 is 6.09 Å². The van der Waals surface area contributed by atoms with E-state index in [9.17, 15) is 4.79 Å². The highest BCUT2D eigenvalue weighted by atomic mass is 16.6. The summed E-state index contributed by atoms with van der Waals surface area (Å²) in [6.45, 7) is 9.10. The van der Waals surface area contributed by atoms with E-state index in [1.165, 1.54) is 6.42 Å². The molecular formula is C20H26N4O2. The molecule has 0 spiro atoms. The molecule has 0 radical (unpaired) electrons. The Morgan fingerprint density at radius 1 is 1.27 bits per heavy atom. The normalized spacial score (nSPS) is 22.1. The number of carbonyl (C=O) groups is 1. The highest BCUT2D eigenvalue weighted by Gasteiger charge is 2.35. The van der Waals surface area contributed by atoms with Crippen LogP contribution in [0, 0.1) is 5.92 Å². The smallest absolute Gasteiger partial charge is 0.410 e. The maximum absolute atomic E-state index is 12.4. The van der Waals surface area contributed by atoms with Crippen LogP contribution in [0.25, 0.3) is 11.1 Å². The van der Waals surface area contributed by atoms with E-state index < -0.39 is 5.60 Å². The van der Waals surface area contributed by atoms with Crippen molar-refractivity contribution in [2.45, 2.75) is 58.7 Å². The van der Waals surface area contributed by atoms with Crippen LogP contribution >= 0.6 is 0 Å². The van der Waals surface area contributed by atoms with Gasteiger partial charge >= 0.3 is 6.09 Å². The Balaban J connectivity index is 1.52. The summed E-state index contributed by atoms with van der Waals surface area (Å²) in [6.07, 6.45) is 7.63. The predicted molar refractivity (Wildman–Crippen MR) is 98.6 cm³/mol. The Morgan fingerprint density at radius 2 is 2.04 bits per heavy atom. The van der Waals surface area contributed by atoms with Gasteiger partial charge in [0, 0.05) is 42.2 Å². The fraction of sp³-hybridized carbons (Fsp3) is 0.550. The van der Waals surface area contributed by atoms with Crippen molar-refractivity contribution in [3.05, 3.63) is 35.9 Å². The molecule has 1 aliphatic carbocycles. The van der Waals surface area contributed by atoms with Gasteiger partial charge in [0.15, 0.2) is 0 Å². The number of hydrogen-bond acceptors (Lipinski definition) is 4. The van der Waals surface area contributed by atoms with Gasteiger partial charge in [0.2, 0.25) is 0 Å². The van der Waals surface area contributed by atoms with E-state index in [-0.39, 0.29) is 6.09 Å². The molecule has 2 aliphatic rings. The van der Waals surface area contributed by atoms with Crippen LogP contribution in [0.2, 0.25) is 0 Å². The molecule has 2 aromatic heterocycles. The largest absolute Gasteiger partial charge is 0.444 e. The number of fused-ring (bicyclic) bond motifs is 1. The number of amides is 1. The average Bonchev–Trinajstić information content (AvgIpc) is 3.11. The predicted octanol–water partition coefficient (Wildman–Crippen LogP) is 3.82. The van der Waals surface area contributed by atoms with Crippen molar-refractivity contribution in [1.82, 2.24) is 19.7 Å². The van der Waals surface area contributed by atoms with Crippen LogP contribution in [0.5, 0.6) is 0 Å². The number of ether oxygens (including phenoxy) is 1. The molecule has 1 amide bonds. The lowest BCUT2D eigenvalue weighted by atomic mass is 10.0. The molecule has 0 aromatic carbocycles. The van der Waals surface area contributed by atoms with E-state index in [0.29, 0.717) is 25.0 Å². The van der Waals surface area contributed by atoms with E-state index >= 15 is 0 Å². The van der Waals surface area contributed by atoms with E-state index in [2.05, 4.69) is 34.0 Å². The minimum absolute atomic E-state index is 0.260. The summed E-state index contributed by atoms with van der Waals surface area (Å²) in [7, 11) is 0. The molecule has 0 bridgehead atoms. The minimum Gasteiger partial charge on any atom is -0.444 e. The molecule has 1 fully saturated rings. The second-order valence-corrected chi connectivity index (χ2v) is 8.47. The molecule has 0 saturated heterocycles. The van der Waals surface area contributed by atoms with Gasteiger partial charge in [0.25, 0.3) is 0 Å².